The van der Waals surface area contributed by atoms with Crippen molar-refractivity contribution in [2.45, 2.75) is 19.8 Å². The third kappa shape index (κ3) is 6.63. The minimum Gasteiger partial charge on any atom is -0.358 e. The largest absolute Gasteiger partial charge is 0.358 e. The second-order valence-corrected chi connectivity index (χ2v) is 5.85. The number of thiazole rings is 1. The molecule has 0 unspecified atom stereocenters. The van der Waals surface area contributed by atoms with E-state index in [1.165, 1.54) is 17.8 Å². The third-order valence-electron chi connectivity index (χ3n) is 3.32. The van der Waals surface area contributed by atoms with Gasteiger partial charge in [0.1, 0.15) is 0 Å². The van der Waals surface area contributed by atoms with Gasteiger partial charge < -0.3 is 10.2 Å². The zero-order valence-electron chi connectivity index (χ0n) is 12.3. The molecule has 5 nitrogen and oxygen atoms in total. The van der Waals surface area contributed by atoms with Crippen LogP contribution >= 0.6 is 45.3 Å². The van der Waals surface area contributed by atoms with E-state index < -0.39 is 0 Å². The van der Waals surface area contributed by atoms with E-state index in [9.17, 15) is 4.79 Å². The molecular weight excluding hydrogens is 420 g/mol. The van der Waals surface area contributed by atoms with E-state index in [1.807, 2.05) is 6.20 Å². The molecule has 1 amide bonds. The molecule has 1 aliphatic rings. The molecule has 1 aromatic rings. The number of hydrogen-bond donors (Lipinski definition) is 1. The highest BCUT2D eigenvalue weighted by molar-refractivity contribution is 8.93. The maximum atomic E-state index is 10.2. The van der Waals surface area contributed by atoms with Gasteiger partial charge in [0.15, 0.2) is 5.13 Å². The zero-order valence-corrected chi connectivity index (χ0v) is 16.5. The monoisotopic (exact) mass is 442 g/mol. The standard InChI is InChI=1S/C13H22N4OS.2BrH/c1-2-5-16-6-8-17(9-7-16)13-15-10-12(19-13)3-4-14-11-18;;/h10-11H,2-9H2,1H3,(H,14,18);2*1H. The maximum Gasteiger partial charge on any atom is 0.207 e. The molecule has 0 bridgehead atoms. The first-order valence-corrected chi connectivity index (χ1v) is 7.74. The number of hydrogen-bond acceptors (Lipinski definition) is 5. The van der Waals surface area contributed by atoms with E-state index in [-0.39, 0.29) is 34.0 Å². The summed E-state index contributed by atoms with van der Waals surface area (Å²) in [6.07, 6.45) is 4.77. The minimum atomic E-state index is 0. The molecule has 1 saturated heterocycles. The molecule has 122 valence electrons. The van der Waals surface area contributed by atoms with Crippen molar-refractivity contribution in [3.8, 4) is 0 Å². The van der Waals surface area contributed by atoms with Gasteiger partial charge in [-0.25, -0.2) is 4.98 Å². The fraction of sp³-hybridized carbons (Fsp3) is 0.692. The Labute approximate surface area is 151 Å². The second kappa shape index (κ2) is 11.4. The molecule has 1 aromatic heterocycles. The fourth-order valence-corrected chi connectivity index (χ4v) is 3.25. The molecule has 1 aliphatic heterocycles. The highest BCUT2D eigenvalue weighted by Crippen LogP contribution is 2.23. The molecular formula is C13H24Br2N4OS. The summed E-state index contributed by atoms with van der Waals surface area (Å²) in [4.78, 5) is 20.8. The average Bonchev–Trinajstić information content (AvgIpc) is 2.89. The van der Waals surface area contributed by atoms with E-state index in [1.54, 1.807) is 11.3 Å². The van der Waals surface area contributed by atoms with Crippen LogP contribution < -0.4 is 10.2 Å². The number of carbonyl (C=O) groups is 1. The van der Waals surface area contributed by atoms with E-state index in [0.29, 0.717) is 6.54 Å². The molecule has 2 heterocycles. The van der Waals surface area contributed by atoms with Gasteiger partial charge >= 0.3 is 0 Å². The van der Waals surface area contributed by atoms with Crippen molar-refractivity contribution >= 4 is 56.8 Å². The van der Waals surface area contributed by atoms with Gasteiger partial charge in [-0.3, -0.25) is 9.69 Å². The van der Waals surface area contributed by atoms with E-state index in [2.05, 4.69) is 27.0 Å². The van der Waals surface area contributed by atoms with Crippen molar-refractivity contribution in [1.29, 1.82) is 0 Å². The van der Waals surface area contributed by atoms with Crippen molar-refractivity contribution in [2.75, 3.05) is 44.2 Å². The van der Waals surface area contributed by atoms with Gasteiger partial charge in [0.05, 0.1) is 0 Å². The van der Waals surface area contributed by atoms with Gasteiger partial charge in [-0.1, -0.05) is 6.92 Å². The summed E-state index contributed by atoms with van der Waals surface area (Å²) < 4.78 is 0. The number of carbonyl (C=O) groups excluding carboxylic acids is 1. The van der Waals surface area contributed by atoms with Gasteiger partial charge in [-0.15, -0.1) is 45.3 Å². The van der Waals surface area contributed by atoms with Crippen LogP contribution in [0.25, 0.3) is 0 Å². The Kier molecular flexibility index (Phi) is 11.3. The van der Waals surface area contributed by atoms with E-state index in [0.717, 1.165) is 44.1 Å². The molecule has 0 radical (unpaired) electrons. The predicted molar refractivity (Wildman–Crippen MR) is 99.5 cm³/mol. The molecule has 2 rings (SSSR count). The van der Waals surface area contributed by atoms with Crippen molar-refractivity contribution in [3.63, 3.8) is 0 Å². The minimum absolute atomic E-state index is 0. The van der Waals surface area contributed by atoms with Crippen LogP contribution in [0.15, 0.2) is 6.20 Å². The Bertz CT molecular complexity index is 397. The summed E-state index contributed by atoms with van der Waals surface area (Å²) in [5.41, 5.74) is 0. The summed E-state index contributed by atoms with van der Waals surface area (Å²) in [7, 11) is 0. The summed E-state index contributed by atoms with van der Waals surface area (Å²) in [5, 5.41) is 3.81. The van der Waals surface area contributed by atoms with Crippen molar-refractivity contribution < 1.29 is 4.79 Å². The number of nitrogens with zero attached hydrogens (tertiary/aromatic N) is 3. The van der Waals surface area contributed by atoms with Crippen molar-refractivity contribution in [3.05, 3.63) is 11.1 Å². The van der Waals surface area contributed by atoms with Crippen LogP contribution in [0.3, 0.4) is 0 Å². The Morgan fingerprint density at radius 1 is 1.33 bits per heavy atom. The van der Waals surface area contributed by atoms with Gasteiger partial charge in [-0.2, -0.15) is 0 Å². The molecule has 1 N–H and O–H groups in total. The topological polar surface area (TPSA) is 48.5 Å². The second-order valence-electron chi connectivity index (χ2n) is 4.76. The van der Waals surface area contributed by atoms with E-state index >= 15 is 0 Å². The maximum absolute atomic E-state index is 10.2. The molecule has 0 aromatic carbocycles. The number of anilines is 1. The summed E-state index contributed by atoms with van der Waals surface area (Å²) in [6.45, 7) is 8.53. The van der Waals surface area contributed by atoms with Gasteiger partial charge in [0.25, 0.3) is 0 Å². The smallest absolute Gasteiger partial charge is 0.207 e. The summed E-state index contributed by atoms with van der Waals surface area (Å²) in [6, 6.07) is 0. The van der Waals surface area contributed by atoms with Crippen molar-refractivity contribution in [1.82, 2.24) is 15.2 Å². The van der Waals surface area contributed by atoms with Gasteiger partial charge in [-0.05, 0) is 13.0 Å². The lowest BCUT2D eigenvalue weighted by Crippen LogP contribution is -2.46. The van der Waals surface area contributed by atoms with E-state index in [4.69, 9.17) is 0 Å². The molecule has 1 fully saturated rings. The molecule has 21 heavy (non-hydrogen) atoms. The number of aromatic nitrogens is 1. The molecule has 8 heteroatoms. The molecule has 0 aliphatic carbocycles. The number of nitrogens with one attached hydrogen (secondary N) is 1. The average molecular weight is 444 g/mol. The highest BCUT2D eigenvalue weighted by Gasteiger charge is 2.18. The zero-order chi connectivity index (χ0) is 13.5. The number of piperazine rings is 1. The summed E-state index contributed by atoms with van der Waals surface area (Å²) >= 11 is 1.74. The lowest BCUT2D eigenvalue weighted by atomic mass is 10.3. The fourth-order valence-electron chi connectivity index (χ4n) is 2.29. The quantitative estimate of drug-likeness (QED) is 0.517. The summed E-state index contributed by atoms with van der Waals surface area (Å²) in [5.74, 6) is 0. The third-order valence-corrected chi connectivity index (χ3v) is 4.44. The van der Waals surface area contributed by atoms with Crippen LogP contribution in [0, 0.1) is 0 Å². The Morgan fingerprint density at radius 2 is 2.05 bits per heavy atom. The van der Waals surface area contributed by atoms with Crippen molar-refractivity contribution in [2.24, 2.45) is 0 Å². The number of halogens is 2. The van der Waals surface area contributed by atoms with Gasteiger partial charge in [0.2, 0.25) is 6.41 Å². The van der Waals surface area contributed by atoms with Crippen LogP contribution in [0.2, 0.25) is 0 Å². The first-order chi connectivity index (χ1) is 9.33. The lowest BCUT2D eigenvalue weighted by Gasteiger charge is -2.34. The van der Waals surface area contributed by atoms with Crippen LogP contribution in [0.5, 0.6) is 0 Å². The van der Waals surface area contributed by atoms with Gasteiger partial charge in [0, 0.05) is 50.2 Å². The normalized spacial score (nSPS) is 15.0. The number of rotatable bonds is 7. The first-order valence-electron chi connectivity index (χ1n) is 6.92. The predicted octanol–water partition coefficient (Wildman–Crippen LogP) is 2.12. The van der Waals surface area contributed by atoms with Crippen LogP contribution in [-0.4, -0.2) is 55.6 Å². The SMILES string of the molecule is Br.Br.CCCN1CCN(c2ncc(CCNC=O)s2)CC1. The van der Waals surface area contributed by atoms with Crippen LogP contribution in [0.4, 0.5) is 5.13 Å². The highest BCUT2D eigenvalue weighted by atomic mass is 79.9. The first kappa shape index (κ1) is 20.8. The van der Waals surface area contributed by atoms with Crippen LogP contribution in [-0.2, 0) is 11.2 Å². The van der Waals surface area contributed by atoms with Crippen LogP contribution in [0.1, 0.15) is 18.2 Å². The molecule has 0 saturated carbocycles. The Balaban J connectivity index is 0.00000200. The molecule has 0 spiro atoms. The number of amides is 1. The Morgan fingerprint density at radius 3 is 2.67 bits per heavy atom. The Hall–Kier alpha value is -0.180. The lowest BCUT2D eigenvalue weighted by molar-refractivity contribution is -0.109. The molecule has 0 atom stereocenters.